The van der Waals surface area contributed by atoms with Crippen LogP contribution in [-0.4, -0.2) is 31.7 Å². The monoisotopic (exact) mass is 465 g/mol. The average molecular weight is 465 g/mol. The van der Waals surface area contributed by atoms with Gasteiger partial charge in [-0.15, -0.1) is 0 Å². The first-order valence-corrected chi connectivity index (χ1v) is 10.7. The summed E-state index contributed by atoms with van der Waals surface area (Å²) in [6.45, 7) is 1.76. The van der Waals surface area contributed by atoms with Crippen molar-refractivity contribution in [2.75, 3.05) is 19.5 Å². The van der Waals surface area contributed by atoms with E-state index in [0.29, 0.717) is 52.6 Å². The van der Waals surface area contributed by atoms with Gasteiger partial charge in [-0.3, -0.25) is 9.59 Å². The van der Waals surface area contributed by atoms with E-state index >= 15 is 0 Å². The molecule has 0 bridgehead atoms. The Labute approximate surface area is 195 Å². The third-order valence-electron chi connectivity index (χ3n) is 5.60. The van der Waals surface area contributed by atoms with E-state index in [9.17, 15) is 14.0 Å². The van der Waals surface area contributed by atoms with Crippen LogP contribution in [0.1, 0.15) is 50.6 Å². The molecular formula is C25H24FN3O5. The number of aryl methyl sites for hydroxylation is 1. The molecule has 1 aromatic heterocycles. The molecule has 0 unspecified atom stereocenters. The highest BCUT2D eigenvalue weighted by molar-refractivity contribution is 6.10. The fourth-order valence-corrected chi connectivity index (χ4v) is 3.91. The minimum Gasteiger partial charge on any atom is -0.497 e. The van der Waals surface area contributed by atoms with Gasteiger partial charge in [-0.2, -0.15) is 5.10 Å². The Hall–Kier alpha value is -4.14. The molecule has 0 spiro atoms. The lowest BCUT2D eigenvalue weighted by Crippen LogP contribution is -2.23. The van der Waals surface area contributed by atoms with Gasteiger partial charge in [-0.1, -0.05) is 12.1 Å². The molecule has 0 aliphatic heterocycles. The number of nitrogens with one attached hydrogen (secondary N) is 2. The normalized spacial score (nSPS) is 13.8. The molecule has 1 aliphatic rings. The number of benzene rings is 2. The van der Waals surface area contributed by atoms with Crippen LogP contribution in [0.5, 0.6) is 11.5 Å². The van der Waals surface area contributed by atoms with E-state index < -0.39 is 17.6 Å². The van der Waals surface area contributed by atoms with Gasteiger partial charge in [-0.25, -0.2) is 9.82 Å². The van der Waals surface area contributed by atoms with Crippen molar-refractivity contribution >= 4 is 23.2 Å². The maximum Gasteiger partial charge on any atom is 0.291 e. The molecule has 1 aliphatic carbocycles. The minimum absolute atomic E-state index is 0.0981. The number of ether oxygens (including phenoxy) is 2. The quantitative estimate of drug-likeness (QED) is 0.523. The molecule has 1 heterocycles. The number of hydrogen-bond acceptors (Lipinski definition) is 6. The number of halogens is 1. The van der Waals surface area contributed by atoms with Gasteiger partial charge in [0.25, 0.3) is 11.8 Å². The number of hydrazone groups is 1. The molecule has 8 nitrogen and oxygen atoms in total. The van der Waals surface area contributed by atoms with Crippen LogP contribution in [0, 0.1) is 12.7 Å². The Morgan fingerprint density at radius 3 is 2.59 bits per heavy atom. The van der Waals surface area contributed by atoms with Crippen molar-refractivity contribution in [2.45, 2.75) is 26.2 Å². The largest absolute Gasteiger partial charge is 0.497 e. The average Bonchev–Trinajstić information content (AvgIpc) is 3.20. The van der Waals surface area contributed by atoms with Gasteiger partial charge in [0.2, 0.25) is 0 Å². The van der Waals surface area contributed by atoms with Gasteiger partial charge >= 0.3 is 0 Å². The Balaban J connectivity index is 1.59. The summed E-state index contributed by atoms with van der Waals surface area (Å²) >= 11 is 0. The predicted molar refractivity (Wildman–Crippen MR) is 124 cm³/mol. The van der Waals surface area contributed by atoms with E-state index in [1.807, 2.05) is 0 Å². The van der Waals surface area contributed by atoms with Crippen LogP contribution in [0.15, 0.2) is 52.0 Å². The van der Waals surface area contributed by atoms with Crippen LogP contribution in [-0.2, 0) is 6.42 Å². The summed E-state index contributed by atoms with van der Waals surface area (Å²) in [6, 6.07) is 10.8. The van der Waals surface area contributed by atoms with E-state index in [4.69, 9.17) is 13.9 Å². The fourth-order valence-electron chi connectivity index (χ4n) is 3.91. The summed E-state index contributed by atoms with van der Waals surface area (Å²) in [6.07, 6.45) is 1.95. The summed E-state index contributed by atoms with van der Waals surface area (Å²) in [5, 5.41) is 7.04. The highest BCUT2D eigenvalue weighted by Gasteiger charge is 2.28. The molecule has 0 fully saturated rings. The van der Waals surface area contributed by atoms with Gasteiger partial charge in [-0.05, 0) is 44.0 Å². The first-order valence-electron chi connectivity index (χ1n) is 10.7. The van der Waals surface area contributed by atoms with Crippen molar-refractivity contribution < 1.29 is 27.9 Å². The Bertz CT molecular complexity index is 1280. The molecule has 4 rings (SSSR count). The van der Waals surface area contributed by atoms with Crippen LogP contribution in [0.4, 0.5) is 10.1 Å². The summed E-state index contributed by atoms with van der Waals surface area (Å²) < 4.78 is 30.3. The maximum atomic E-state index is 13.9. The van der Waals surface area contributed by atoms with Gasteiger partial charge in [0.15, 0.2) is 5.76 Å². The van der Waals surface area contributed by atoms with Crippen LogP contribution >= 0.6 is 0 Å². The number of furan rings is 1. The highest BCUT2D eigenvalue weighted by atomic mass is 19.1. The fraction of sp³-hybridized carbons (Fsp3) is 0.240. The molecule has 176 valence electrons. The van der Waals surface area contributed by atoms with E-state index in [0.717, 1.165) is 6.42 Å². The molecule has 34 heavy (non-hydrogen) atoms. The zero-order valence-electron chi connectivity index (χ0n) is 19.0. The molecule has 9 heteroatoms. The molecule has 2 N–H and O–H groups in total. The first-order chi connectivity index (χ1) is 16.4. The topological polar surface area (TPSA) is 102 Å². The number of fused-ring (bicyclic) bond motifs is 1. The zero-order chi connectivity index (χ0) is 24.2. The number of carbonyl (C=O) groups excluding carboxylic acids is 2. The molecule has 0 atom stereocenters. The van der Waals surface area contributed by atoms with Crippen molar-refractivity contribution in [3.63, 3.8) is 0 Å². The number of rotatable bonds is 6. The van der Waals surface area contributed by atoms with Crippen LogP contribution < -0.4 is 20.2 Å². The SMILES string of the molecule is COc1ccc(OC)c(NC(=O)c2oc3c(c2C)/C(=N/NC(=O)c2ccccc2F)CCC3)c1. The van der Waals surface area contributed by atoms with Crippen molar-refractivity contribution in [1.29, 1.82) is 0 Å². The summed E-state index contributed by atoms with van der Waals surface area (Å²) in [5.41, 5.74) is 4.62. The first kappa shape index (κ1) is 23.0. The maximum absolute atomic E-state index is 13.9. The second-order valence-corrected chi connectivity index (χ2v) is 7.71. The van der Waals surface area contributed by atoms with E-state index in [2.05, 4.69) is 15.8 Å². The van der Waals surface area contributed by atoms with Gasteiger partial charge in [0.1, 0.15) is 23.1 Å². The summed E-state index contributed by atoms with van der Waals surface area (Å²) in [4.78, 5) is 25.4. The zero-order valence-corrected chi connectivity index (χ0v) is 19.0. The molecule has 0 radical (unpaired) electrons. The smallest absolute Gasteiger partial charge is 0.291 e. The molecule has 2 aromatic carbocycles. The molecular weight excluding hydrogens is 441 g/mol. The second-order valence-electron chi connectivity index (χ2n) is 7.71. The van der Waals surface area contributed by atoms with E-state index in [-0.39, 0.29) is 11.3 Å². The van der Waals surface area contributed by atoms with Gasteiger partial charge < -0.3 is 19.2 Å². The number of nitrogens with zero attached hydrogens (tertiary/aromatic N) is 1. The van der Waals surface area contributed by atoms with Crippen LogP contribution in [0.2, 0.25) is 0 Å². The molecule has 0 saturated heterocycles. The third kappa shape index (κ3) is 4.50. The minimum atomic E-state index is -0.651. The van der Waals surface area contributed by atoms with Crippen molar-refractivity contribution in [2.24, 2.45) is 5.10 Å². The molecule has 2 amide bonds. The second kappa shape index (κ2) is 9.78. The number of anilines is 1. The predicted octanol–water partition coefficient (Wildman–Crippen LogP) is 4.47. The number of hydrogen-bond donors (Lipinski definition) is 2. The Kier molecular flexibility index (Phi) is 6.62. The lowest BCUT2D eigenvalue weighted by molar-refractivity contribution is 0.0949. The highest BCUT2D eigenvalue weighted by Crippen LogP contribution is 2.33. The van der Waals surface area contributed by atoms with Crippen LogP contribution in [0.25, 0.3) is 0 Å². The molecule has 0 saturated carbocycles. The van der Waals surface area contributed by atoms with E-state index in [1.165, 1.54) is 32.4 Å². The van der Waals surface area contributed by atoms with Gasteiger partial charge in [0, 0.05) is 23.6 Å². The number of amides is 2. The van der Waals surface area contributed by atoms with E-state index in [1.54, 1.807) is 31.2 Å². The van der Waals surface area contributed by atoms with Gasteiger partial charge in [0.05, 0.1) is 31.2 Å². The lowest BCUT2D eigenvalue weighted by atomic mass is 9.93. The Morgan fingerprint density at radius 1 is 1.06 bits per heavy atom. The van der Waals surface area contributed by atoms with Crippen LogP contribution in [0.3, 0.4) is 0 Å². The molecule has 3 aromatic rings. The standard InChI is InChI=1S/C25H24FN3O5/c1-14-22-18(28-29-24(30)16-7-4-5-8-17(16)26)9-6-10-21(22)34-23(14)25(31)27-19-13-15(32-2)11-12-20(19)33-3/h4-5,7-8,11-13H,6,9-10H2,1-3H3,(H,27,31)(H,29,30)/b28-18+. The summed E-state index contributed by atoms with van der Waals surface area (Å²) in [7, 11) is 3.04. The van der Waals surface area contributed by atoms with Crippen molar-refractivity contribution in [3.05, 3.63) is 76.5 Å². The third-order valence-corrected chi connectivity index (χ3v) is 5.60. The number of methoxy groups -OCH3 is 2. The number of carbonyl (C=O) groups is 2. The van der Waals surface area contributed by atoms with Crippen molar-refractivity contribution in [3.8, 4) is 11.5 Å². The van der Waals surface area contributed by atoms with Crippen molar-refractivity contribution in [1.82, 2.24) is 5.43 Å². The lowest BCUT2D eigenvalue weighted by Gasteiger charge is -2.13. The summed E-state index contributed by atoms with van der Waals surface area (Å²) in [5.74, 6) is 0.0641. The Morgan fingerprint density at radius 2 is 1.85 bits per heavy atom.